The monoisotopic (exact) mass is 287 g/mol. The van der Waals surface area contributed by atoms with Gasteiger partial charge in [-0.15, -0.1) is 0 Å². The Bertz CT molecular complexity index is 614. The van der Waals surface area contributed by atoms with Crippen molar-refractivity contribution in [3.8, 4) is 0 Å². The van der Waals surface area contributed by atoms with E-state index in [4.69, 9.17) is 0 Å². The molecule has 0 radical (unpaired) electrons. The minimum absolute atomic E-state index is 0.0884. The summed E-state index contributed by atoms with van der Waals surface area (Å²) in [6.45, 7) is 4.12. The number of hydrogen-bond acceptors (Lipinski definition) is 2. The maximum atomic E-state index is 13.0. The first-order valence-corrected chi connectivity index (χ1v) is 7.55. The molecule has 0 N–H and O–H groups in total. The molecule has 1 fully saturated rings. The van der Waals surface area contributed by atoms with Crippen LogP contribution >= 0.6 is 11.3 Å². The van der Waals surface area contributed by atoms with E-state index in [1.165, 1.54) is 4.57 Å². The number of thiazole rings is 1. The highest BCUT2D eigenvalue weighted by atomic mass is 32.1. The van der Waals surface area contributed by atoms with Crippen molar-refractivity contribution >= 4 is 23.5 Å². The van der Waals surface area contributed by atoms with Gasteiger partial charge in [0.15, 0.2) is 0 Å². The molecule has 0 bridgehead atoms. The maximum Gasteiger partial charge on any atom is 0.308 e. The molecule has 0 saturated heterocycles. The van der Waals surface area contributed by atoms with Gasteiger partial charge in [-0.05, 0) is 19.8 Å². The molecule has 2 nitrogen and oxygen atoms in total. The summed E-state index contributed by atoms with van der Waals surface area (Å²) < 4.78 is 28.4. The van der Waals surface area contributed by atoms with Crippen LogP contribution in [0.3, 0.4) is 0 Å². The Morgan fingerprint density at radius 1 is 1.53 bits per heavy atom. The van der Waals surface area contributed by atoms with Gasteiger partial charge in [0.1, 0.15) is 0 Å². The summed E-state index contributed by atoms with van der Waals surface area (Å²) in [4.78, 5) is 11.8. The molecular weight excluding hydrogens is 268 g/mol. The number of unbranched alkanes of at least 4 members (excludes halogenated alkanes) is 2. The Balaban J connectivity index is 2.34. The van der Waals surface area contributed by atoms with Crippen LogP contribution in [0.5, 0.6) is 0 Å². The first-order chi connectivity index (χ1) is 8.99. The zero-order valence-electron chi connectivity index (χ0n) is 11.3. The van der Waals surface area contributed by atoms with Gasteiger partial charge in [-0.2, -0.15) is 0 Å². The van der Waals surface area contributed by atoms with Crippen LogP contribution in [0.15, 0.2) is 4.79 Å². The molecule has 1 heterocycles. The van der Waals surface area contributed by atoms with Crippen molar-refractivity contribution in [3.05, 3.63) is 19.5 Å². The molecule has 0 aliphatic heterocycles. The van der Waals surface area contributed by atoms with Crippen LogP contribution in [-0.4, -0.2) is 10.5 Å². The van der Waals surface area contributed by atoms with Gasteiger partial charge in [-0.1, -0.05) is 36.8 Å². The maximum absolute atomic E-state index is 13.0. The van der Waals surface area contributed by atoms with Crippen LogP contribution < -0.4 is 14.8 Å². The zero-order valence-corrected chi connectivity index (χ0v) is 12.1. The highest BCUT2D eigenvalue weighted by molar-refractivity contribution is 7.07. The van der Waals surface area contributed by atoms with Gasteiger partial charge < -0.3 is 0 Å². The fraction of sp³-hybridized carbons (Fsp3) is 0.643. The summed E-state index contributed by atoms with van der Waals surface area (Å²) in [5.41, 5.74) is 0. The Morgan fingerprint density at radius 3 is 2.74 bits per heavy atom. The molecule has 2 rings (SSSR count). The van der Waals surface area contributed by atoms with E-state index in [1.54, 1.807) is 0 Å². The van der Waals surface area contributed by atoms with E-state index in [9.17, 15) is 13.6 Å². The van der Waals surface area contributed by atoms with Crippen LogP contribution in [0, 0.1) is 5.92 Å². The molecule has 0 amide bonds. The fourth-order valence-electron chi connectivity index (χ4n) is 2.15. The number of hydrogen-bond donors (Lipinski definition) is 0. The predicted molar refractivity (Wildman–Crippen MR) is 75.0 cm³/mol. The average Bonchev–Trinajstić information content (AvgIpc) is 2.85. The largest absolute Gasteiger partial charge is 0.308 e. The Kier molecular flexibility index (Phi) is 4.23. The fourth-order valence-corrected chi connectivity index (χ4v) is 3.04. The van der Waals surface area contributed by atoms with E-state index in [-0.39, 0.29) is 17.8 Å². The molecule has 1 unspecified atom stereocenters. The Hall–Kier alpha value is -0.970. The average molecular weight is 287 g/mol. The topological polar surface area (TPSA) is 22.0 Å². The molecule has 1 aliphatic rings. The number of nitrogens with zero attached hydrogens (tertiary/aromatic N) is 1. The lowest BCUT2D eigenvalue weighted by atomic mass is 10.2. The van der Waals surface area contributed by atoms with Crippen molar-refractivity contribution in [1.29, 1.82) is 0 Å². The molecule has 19 heavy (non-hydrogen) atoms. The second kappa shape index (κ2) is 5.57. The first-order valence-electron chi connectivity index (χ1n) is 6.73. The third-order valence-corrected chi connectivity index (χ3v) is 4.54. The van der Waals surface area contributed by atoms with Gasteiger partial charge in [0, 0.05) is 18.9 Å². The molecule has 0 aromatic carbocycles. The molecule has 0 spiro atoms. The number of halogens is 2. The van der Waals surface area contributed by atoms with E-state index < -0.39 is 11.8 Å². The highest BCUT2D eigenvalue weighted by Crippen LogP contribution is 2.49. The van der Waals surface area contributed by atoms with Crippen molar-refractivity contribution in [1.82, 2.24) is 4.57 Å². The molecule has 1 aliphatic carbocycles. The number of rotatable bonds is 5. The quantitative estimate of drug-likeness (QED) is 0.762. The summed E-state index contributed by atoms with van der Waals surface area (Å²) in [7, 11) is 0. The molecule has 106 valence electrons. The van der Waals surface area contributed by atoms with Gasteiger partial charge >= 0.3 is 4.87 Å². The zero-order chi connectivity index (χ0) is 14.0. The summed E-state index contributed by atoms with van der Waals surface area (Å²) in [5, 5.41) is 0.827. The van der Waals surface area contributed by atoms with Crippen LogP contribution in [-0.2, 0) is 6.54 Å². The van der Waals surface area contributed by atoms with Gasteiger partial charge in [0.25, 0.3) is 5.92 Å². The van der Waals surface area contributed by atoms with Crippen LogP contribution in [0.25, 0.3) is 12.2 Å². The summed E-state index contributed by atoms with van der Waals surface area (Å²) in [6.07, 6.45) is 6.82. The molecule has 1 aromatic rings. The molecule has 1 atom stereocenters. The lowest BCUT2D eigenvalue weighted by Gasteiger charge is -2.01. The summed E-state index contributed by atoms with van der Waals surface area (Å²) >= 11 is 1.14. The third kappa shape index (κ3) is 3.14. The second-order valence-electron chi connectivity index (χ2n) is 5.03. The molecule has 1 saturated carbocycles. The molecule has 5 heteroatoms. The van der Waals surface area contributed by atoms with Crippen molar-refractivity contribution in [2.45, 2.75) is 52.0 Å². The van der Waals surface area contributed by atoms with E-state index in [2.05, 4.69) is 6.92 Å². The number of aromatic nitrogens is 1. The van der Waals surface area contributed by atoms with Crippen LogP contribution in [0.2, 0.25) is 0 Å². The normalized spacial score (nSPS) is 23.1. The van der Waals surface area contributed by atoms with Gasteiger partial charge in [0.2, 0.25) is 0 Å². The second-order valence-corrected chi connectivity index (χ2v) is 6.02. The van der Waals surface area contributed by atoms with Crippen LogP contribution in [0.1, 0.15) is 39.5 Å². The summed E-state index contributed by atoms with van der Waals surface area (Å²) in [5.74, 6) is -3.24. The Morgan fingerprint density at radius 2 is 2.21 bits per heavy atom. The van der Waals surface area contributed by atoms with E-state index in [1.807, 2.05) is 19.1 Å². The smallest absolute Gasteiger partial charge is 0.298 e. The Labute approximate surface area is 115 Å². The van der Waals surface area contributed by atoms with E-state index in [0.717, 1.165) is 40.5 Å². The highest BCUT2D eigenvalue weighted by Gasteiger charge is 2.56. The molecular formula is C14H19F2NOS. The van der Waals surface area contributed by atoms with Crippen molar-refractivity contribution in [2.24, 2.45) is 5.92 Å². The minimum Gasteiger partial charge on any atom is -0.298 e. The minimum atomic E-state index is -2.57. The first kappa shape index (κ1) is 14.4. The lowest BCUT2D eigenvalue weighted by Crippen LogP contribution is -2.33. The van der Waals surface area contributed by atoms with Crippen LogP contribution in [0.4, 0.5) is 8.78 Å². The number of alkyl halides is 2. The van der Waals surface area contributed by atoms with Crippen molar-refractivity contribution < 1.29 is 8.78 Å². The van der Waals surface area contributed by atoms with E-state index in [0.29, 0.717) is 0 Å². The predicted octanol–water partition coefficient (Wildman–Crippen LogP) is 2.34. The molecule has 1 aromatic heterocycles. The lowest BCUT2D eigenvalue weighted by molar-refractivity contribution is 0.0948. The van der Waals surface area contributed by atoms with Crippen molar-refractivity contribution in [2.75, 3.05) is 0 Å². The van der Waals surface area contributed by atoms with Gasteiger partial charge in [-0.3, -0.25) is 9.36 Å². The van der Waals surface area contributed by atoms with Crippen molar-refractivity contribution in [3.63, 3.8) is 0 Å². The standard InChI is InChI=1S/C14H19F2NOS/c1-3-5-6-7-11-12(4-2)19-13(18)17(11)9-10-8-14(10,15)16/h4,7,10H,3,5-6,8-9H2,1-2H3. The van der Waals surface area contributed by atoms with Gasteiger partial charge in [-0.25, -0.2) is 8.78 Å². The third-order valence-electron chi connectivity index (χ3n) is 3.48. The summed E-state index contributed by atoms with van der Waals surface area (Å²) in [6, 6.07) is 0. The SMILES string of the molecule is CC=c1sc(=O)n(CC2CC2(F)F)c1=CCCCC. The van der Waals surface area contributed by atoms with E-state index >= 15 is 0 Å². The van der Waals surface area contributed by atoms with Gasteiger partial charge in [0.05, 0.1) is 9.88 Å².